The summed E-state index contributed by atoms with van der Waals surface area (Å²) in [5.74, 6) is 0.441. The molecule has 3 rings (SSSR count). The number of allylic oxidation sites excluding steroid dienone is 3. The monoisotopic (exact) mass is 262 g/mol. The van der Waals surface area contributed by atoms with E-state index in [1.54, 1.807) is 0 Å². The molecule has 0 spiro atoms. The molecule has 0 amide bonds. The van der Waals surface area contributed by atoms with Crippen molar-refractivity contribution in [1.29, 1.82) is 0 Å². The fraction of sp³-hybridized carbons (Fsp3) is 0.286. The van der Waals surface area contributed by atoms with Crippen molar-refractivity contribution in [3.63, 3.8) is 0 Å². The van der Waals surface area contributed by atoms with Gasteiger partial charge in [0.05, 0.1) is 4.91 Å². The molecule has 1 heterocycles. The molecule has 1 aliphatic carbocycles. The van der Waals surface area contributed by atoms with Gasteiger partial charge in [0, 0.05) is 5.56 Å². The van der Waals surface area contributed by atoms with Gasteiger partial charge in [0.1, 0.15) is 5.76 Å². The minimum atomic E-state index is -3.57. The van der Waals surface area contributed by atoms with E-state index in [0.717, 1.165) is 30.4 Å². The summed E-state index contributed by atoms with van der Waals surface area (Å²) >= 11 is 0. The summed E-state index contributed by atoms with van der Waals surface area (Å²) in [6.45, 7) is 0. The lowest BCUT2D eigenvalue weighted by molar-refractivity contribution is 0.461. The van der Waals surface area contributed by atoms with Crippen molar-refractivity contribution < 1.29 is 12.6 Å². The maximum Gasteiger partial charge on any atom is 0.335 e. The Labute approximate surface area is 107 Å². The Hall–Kier alpha value is -1.55. The first-order chi connectivity index (χ1) is 8.67. The molecule has 3 nitrogen and oxygen atoms in total. The normalized spacial score (nSPS) is 21.9. The molecule has 2 aliphatic rings. The fourth-order valence-electron chi connectivity index (χ4n) is 2.42. The molecular weight excluding hydrogens is 248 g/mol. The smallest absolute Gasteiger partial charge is 0.335 e. The summed E-state index contributed by atoms with van der Waals surface area (Å²) in [5.41, 5.74) is 1.73. The minimum absolute atomic E-state index is 0.441. The summed E-state index contributed by atoms with van der Waals surface area (Å²) in [6.07, 6.45) is 5.29. The third-order valence-corrected chi connectivity index (χ3v) is 4.79. The molecule has 0 bridgehead atoms. The van der Waals surface area contributed by atoms with Crippen LogP contribution in [0.25, 0.3) is 5.76 Å². The quantitative estimate of drug-likeness (QED) is 0.730. The van der Waals surface area contributed by atoms with Gasteiger partial charge in [0.15, 0.2) is 0 Å². The van der Waals surface area contributed by atoms with Crippen molar-refractivity contribution >= 4 is 15.9 Å². The van der Waals surface area contributed by atoms with E-state index in [0.29, 0.717) is 17.1 Å². The average Bonchev–Trinajstić information content (AvgIpc) is 2.39. The van der Waals surface area contributed by atoms with Gasteiger partial charge >= 0.3 is 10.1 Å². The highest BCUT2D eigenvalue weighted by Crippen LogP contribution is 2.38. The topological polar surface area (TPSA) is 43.4 Å². The zero-order chi connectivity index (χ0) is 12.6. The number of rotatable bonds is 1. The van der Waals surface area contributed by atoms with Gasteiger partial charge in [-0.05, 0) is 37.3 Å². The summed E-state index contributed by atoms with van der Waals surface area (Å²) in [6, 6.07) is 9.35. The van der Waals surface area contributed by atoms with E-state index in [9.17, 15) is 8.42 Å². The highest BCUT2D eigenvalue weighted by molar-refractivity contribution is 7.91. The van der Waals surface area contributed by atoms with Crippen LogP contribution >= 0.6 is 0 Å². The Morgan fingerprint density at radius 2 is 1.72 bits per heavy atom. The van der Waals surface area contributed by atoms with Crippen LogP contribution in [0.15, 0.2) is 46.9 Å². The number of hydrogen-bond acceptors (Lipinski definition) is 3. The van der Waals surface area contributed by atoms with Crippen molar-refractivity contribution in [2.75, 3.05) is 0 Å². The zero-order valence-electron chi connectivity index (χ0n) is 9.93. The van der Waals surface area contributed by atoms with E-state index in [-0.39, 0.29) is 0 Å². The maximum absolute atomic E-state index is 12.1. The Kier molecular flexibility index (Phi) is 2.74. The molecule has 1 aromatic rings. The second-order valence-corrected chi connectivity index (χ2v) is 6.14. The average molecular weight is 262 g/mol. The van der Waals surface area contributed by atoms with Crippen molar-refractivity contribution in [2.24, 2.45) is 0 Å². The molecule has 0 N–H and O–H groups in total. The van der Waals surface area contributed by atoms with Crippen LogP contribution in [-0.2, 0) is 14.3 Å². The standard InChI is InChI=1S/C14H14O3S/c15-18(16)14-9-5-4-8-12(14)10-13(17-18)11-6-2-1-3-7-11/h1-3,6-7,10H,4-5,8-9H2. The second-order valence-electron chi connectivity index (χ2n) is 4.57. The van der Waals surface area contributed by atoms with Gasteiger partial charge in [-0.3, -0.25) is 0 Å². The molecule has 0 saturated carbocycles. The third-order valence-electron chi connectivity index (χ3n) is 3.32. The van der Waals surface area contributed by atoms with Crippen molar-refractivity contribution in [2.45, 2.75) is 25.7 Å². The van der Waals surface area contributed by atoms with Gasteiger partial charge in [-0.25, -0.2) is 0 Å². The highest BCUT2D eigenvalue weighted by atomic mass is 32.2. The van der Waals surface area contributed by atoms with Gasteiger partial charge < -0.3 is 4.18 Å². The van der Waals surface area contributed by atoms with E-state index in [1.165, 1.54) is 0 Å². The van der Waals surface area contributed by atoms with Gasteiger partial charge in [0.2, 0.25) is 0 Å². The molecule has 4 heteroatoms. The molecule has 0 fully saturated rings. The predicted octanol–water partition coefficient (Wildman–Crippen LogP) is 3.22. The summed E-state index contributed by atoms with van der Waals surface area (Å²) < 4.78 is 29.4. The predicted molar refractivity (Wildman–Crippen MR) is 69.9 cm³/mol. The minimum Gasteiger partial charge on any atom is -0.379 e. The van der Waals surface area contributed by atoms with Crippen LogP contribution in [-0.4, -0.2) is 8.42 Å². The molecule has 18 heavy (non-hydrogen) atoms. The molecule has 0 atom stereocenters. The Balaban J connectivity index is 2.10. The van der Waals surface area contributed by atoms with Crippen molar-refractivity contribution in [1.82, 2.24) is 0 Å². The first-order valence-corrected chi connectivity index (χ1v) is 7.51. The molecule has 1 aliphatic heterocycles. The maximum atomic E-state index is 12.1. The van der Waals surface area contributed by atoms with Crippen molar-refractivity contribution in [3.8, 4) is 0 Å². The lowest BCUT2D eigenvalue weighted by Crippen LogP contribution is -2.17. The second kappa shape index (κ2) is 4.28. The van der Waals surface area contributed by atoms with Crippen LogP contribution in [0, 0.1) is 0 Å². The van der Waals surface area contributed by atoms with Crippen molar-refractivity contribution in [3.05, 3.63) is 52.4 Å². The molecular formula is C14H14O3S. The molecule has 0 unspecified atom stereocenters. The molecule has 1 aromatic carbocycles. The van der Waals surface area contributed by atoms with E-state index < -0.39 is 10.1 Å². The lowest BCUT2D eigenvalue weighted by atomic mass is 9.97. The highest BCUT2D eigenvalue weighted by Gasteiger charge is 2.30. The van der Waals surface area contributed by atoms with Crippen LogP contribution in [0.3, 0.4) is 0 Å². The third kappa shape index (κ3) is 1.97. The molecule has 0 radical (unpaired) electrons. The lowest BCUT2D eigenvalue weighted by Gasteiger charge is -2.24. The zero-order valence-corrected chi connectivity index (χ0v) is 10.7. The SMILES string of the molecule is O=S1(=O)OC(c2ccccc2)=CC2=C1CCCC2. The first kappa shape index (κ1) is 11.5. The summed E-state index contributed by atoms with van der Waals surface area (Å²) in [4.78, 5) is 0.480. The van der Waals surface area contributed by atoms with Crippen LogP contribution in [0.1, 0.15) is 31.2 Å². The van der Waals surface area contributed by atoms with Crippen LogP contribution in [0.2, 0.25) is 0 Å². The van der Waals surface area contributed by atoms with E-state index >= 15 is 0 Å². The van der Waals surface area contributed by atoms with Gasteiger partial charge in [-0.2, -0.15) is 8.42 Å². The molecule has 94 valence electrons. The molecule has 0 aromatic heterocycles. The van der Waals surface area contributed by atoms with E-state index in [4.69, 9.17) is 4.18 Å². The van der Waals surface area contributed by atoms with E-state index in [2.05, 4.69) is 0 Å². The van der Waals surface area contributed by atoms with Gasteiger partial charge in [-0.15, -0.1) is 0 Å². The Morgan fingerprint density at radius 3 is 2.50 bits per heavy atom. The molecule has 0 saturated heterocycles. The Bertz CT molecular complexity index is 624. The number of hydrogen-bond donors (Lipinski definition) is 0. The Morgan fingerprint density at radius 1 is 1.00 bits per heavy atom. The van der Waals surface area contributed by atoms with E-state index in [1.807, 2.05) is 36.4 Å². The van der Waals surface area contributed by atoms with Gasteiger partial charge in [-0.1, -0.05) is 30.3 Å². The largest absolute Gasteiger partial charge is 0.379 e. The van der Waals surface area contributed by atoms with Gasteiger partial charge in [0.25, 0.3) is 0 Å². The number of benzene rings is 1. The first-order valence-electron chi connectivity index (χ1n) is 6.10. The van der Waals surface area contributed by atoms with Crippen LogP contribution < -0.4 is 0 Å². The van der Waals surface area contributed by atoms with Crippen LogP contribution in [0.5, 0.6) is 0 Å². The summed E-state index contributed by atoms with van der Waals surface area (Å²) in [7, 11) is -3.57. The fourth-order valence-corrected chi connectivity index (χ4v) is 3.78. The summed E-state index contributed by atoms with van der Waals surface area (Å²) in [5, 5.41) is 0. The van der Waals surface area contributed by atoms with Crippen LogP contribution in [0.4, 0.5) is 0 Å².